The van der Waals surface area contributed by atoms with Crippen LogP contribution in [0.3, 0.4) is 0 Å². The summed E-state index contributed by atoms with van der Waals surface area (Å²) in [5, 5.41) is 43.9. The van der Waals surface area contributed by atoms with Gasteiger partial charge in [0.2, 0.25) is 11.8 Å². The number of nitro benzene ring substituents is 1. The normalized spacial score (nSPS) is 26.8. The van der Waals surface area contributed by atoms with E-state index >= 15 is 0 Å². The van der Waals surface area contributed by atoms with Gasteiger partial charge in [-0.05, 0) is 37.7 Å². The third-order valence-electron chi connectivity index (χ3n) is 7.73. The molecule has 2 saturated heterocycles. The number of carbonyl (C=O) groups excluding carboxylic acids is 2. The Bertz CT molecular complexity index is 1160. The lowest BCUT2D eigenvalue weighted by Crippen LogP contribution is -2.82. The highest BCUT2D eigenvalue weighted by Crippen LogP contribution is 2.68. The number of non-ortho nitro benzene ring substituents is 1. The number of likely N-dealkylation sites (tertiary alicyclic amines) is 1. The number of nitrogens with zero attached hydrogens (tertiary/aromatic N) is 3. The van der Waals surface area contributed by atoms with Gasteiger partial charge < -0.3 is 20.2 Å². The molecule has 2 amide bonds. The highest BCUT2D eigenvalue weighted by Gasteiger charge is 2.80. The van der Waals surface area contributed by atoms with Gasteiger partial charge in [-0.1, -0.05) is 37.7 Å². The topological polar surface area (TPSA) is 162 Å². The Morgan fingerprint density at radius 3 is 2.32 bits per heavy atom. The van der Waals surface area contributed by atoms with Crippen LogP contribution in [-0.4, -0.2) is 78.0 Å². The maximum Gasteiger partial charge on any atom is 0.353 e. The van der Waals surface area contributed by atoms with Crippen molar-refractivity contribution in [3.8, 4) is 0 Å². The summed E-state index contributed by atoms with van der Waals surface area (Å²) in [4.78, 5) is 50.7. The number of thioether (sulfide) groups is 1. The first kappa shape index (κ1) is 27.1. The molecule has 3 heterocycles. The first-order valence-corrected chi connectivity index (χ1v) is 13.2. The van der Waals surface area contributed by atoms with E-state index in [1.165, 1.54) is 24.3 Å². The summed E-state index contributed by atoms with van der Waals surface area (Å²) < 4.78 is 0. The predicted molar refractivity (Wildman–Crippen MR) is 134 cm³/mol. The molecule has 0 spiro atoms. The molecule has 2 fully saturated rings. The molecule has 0 radical (unpaired) electrons. The zero-order valence-electron chi connectivity index (χ0n) is 20.8. The van der Waals surface area contributed by atoms with Crippen molar-refractivity contribution in [2.24, 2.45) is 5.41 Å². The summed E-state index contributed by atoms with van der Waals surface area (Å²) in [7, 11) is 0. The molecular weight excluding hydrogens is 502 g/mol. The Labute approximate surface area is 218 Å². The molecule has 0 unspecified atom stereocenters. The van der Waals surface area contributed by atoms with Crippen LogP contribution in [0.4, 0.5) is 5.69 Å². The van der Waals surface area contributed by atoms with Crippen molar-refractivity contribution in [2.75, 3.05) is 13.1 Å². The SMILES string of the molecule is CC[C@H](O)[C@]1(Cc2ccc([N+](=O)[O-])cc2)C(=O)N2C(C(=O)O)=C(CCN3CCCC3=O)S[C@]21[C@@H](O)CC. The molecule has 3 aliphatic heterocycles. The van der Waals surface area contributed by atoms with Gasteiger partial charge in [-0.25, -0.2) is 4.79 Å². The minimum Gasteiger partial charge on any atom is -0.477 e. The number of carboxylic acids is 1. The molecule has 37 heavy (non-hydrogen) atoms. The maximum absolute atomic E-state index is 13.9. The third kappa shape index (κ3) is 4.02. The van der Waals surface area contributed by atoms with Crippen molar-refractivity contribution >= 4 is 35.2 Å². The van der Waals surface area contributed by atoms with E-state index in [1.54, 1.807) is 18.7 Å². The van der Waals surface area contributed by atoms with Crippen LogP contribution in [0.25, 0.3) is 0 Å². The summed E-state index contributed by atoms with van der Waals surface area (Å²) in [6.07, 6.45) is -0.668. The van der Waals surface area contributed by atoms with Gasteiger partial charge >= 0.3 is 5.97 Å². The van der Waals surface area contributed by atoms with Crippen LogP contribution in [0.5, 0.6) is 0 Å². The summed E-state index contributed by atoms with van der Waals surface area (Å²) in [5.74, 6) is -1.93. The number of β-lactam (4-membered cyclic amide) rings is 1. The fourth-order valence-electron chi connectivity index (χ4n) is 5.87. The van der Waals surface area contributed by atoms with Crippen LogP contribution in [0.2, 0.25) is 0 Å². The van der Waals surface area contributed by atoms with E-state index < -0.39 is 39.3 Å². The maximum atomic E-state index is 13.9. The monoisotopic (exact) mass is 533 g/mol. The first-order valence-electron chi connectivity index (χ1n) is 12.4. The van der Waals surface area contributed by atoms with Crippen molar-refractivity contribution in [3.63, 3.8) is 0 Å². The predicted octanol–water partition coefficient (Wildman–Crippen LogP) is 2.26. The lowest BCUT2D eigenvalue weighted by molar-refractivity contribution is -0.384. The van der Waals surface area contributed by atoms with Gasteiger partial charge in [-0.2, -0.15) is 0 Å². The van der Waals surface area contributed by atoms with Crippen LogP contribution in [0.15, 0.2) is 34.9 Å². The van der Waals surface area contributed by atoms with Crippen LogP contribution >= 0.6 is 11.8 Å². The van der Waals surface area contributed by atoms with Crippen molar-refractivity contribution in [1.29, 1.82) is 0 Å². The summed E-state index contributed by atoms with van der Waals surface area (Å²) in [5.41, 5.74) is -1.37. The zero-order chi connectivity index (χ0) is 27.1. The fraction of sp³-hybridized carbons (Fsp3) is 0.560. The third-order valence-corrected chi connectivity index (χ3v) is 9.50. The Kier molecular flexibility index (Phi) is 7.37. The van der Waals surface area contributed by atoms with Gasteiger partial charge in [0.1, 0.15) is 16.0 Å². The fourth-order valence-corrected chi connectivity index (χ4v) is 7.77. The van der Waals surface area contributed by atoms with Gasteiger partial charge in [-0.15, -0.1) is 0 Å². The number of amides is 2. The van der Waals surface area contributed by atoms with Crippen LogP contribution in [0.1, 0.15) is 51.5 Å². The van der Waals surface area contributed by atoms with Gasteiger partial charge in [0.05, 0.1) is 17.1 Å². The number of rotatable bonds is 11. The number of aliphatic carboxylic acids is 1. The summed E-state index contributed by atoms with van der Waals surface area (Å²) >= 11 is 1.09. The number of benzene rings is 1. The summed E-state index contributed by atoms with van der Waals surface area (Å²) in [6, 6.07) is 5.64. The lowest BCUT2D eigenvalue weighted by atomic mass is 9.59. The molecule has 3 aliphatic rings. The minimum absolute atomic E-state index is 0.00273. The number of fused-ring (bicyclic) bond motifs is 1. The Morgan fingerprint density at radius 1 is 1.16 bits per heavy atom. The Balaban J connectivity index is 1.77. The van der Waals surface area contributed by atoms with Crippen LogP contribution < -0.4 is 0 Å². The average Bonchev–Trinajstić information content (AvgIpc) is 3.44. The van der Waals surface area contributed by atoms with E-state index in [0.717, 1.165) is 23.1 Å². The number of hydrogen-bond acceptors (Lipinski definition) is 8. The molecule has 4 rings (SSSR count). The molecular formula is C25H31N3O8S. The molecule has 0 bridgehead atoms. The molecule has 200 valence electrons. The van der Waals surface area contributed by atoms with Crippen LogP contribution in [0, 0.1) is 15.5 Å². The van der Waals surface area contributed by atoms with Crippen molar-refractivity contribution in [2.45, 2.75) is 69.5 Å². The molecule has 3 N–H and O–H groups in total. The van der Waals surface area contributed by atoms with Gasteiger partial charge in [0, 0.05) is 36.5 Å². The number of hydrogen-bond donors (Lipinski definition) is 3. The van der Waals surface area contributed by atoms with E-state index in [-0.39, 0.29) is 43.0 Å². The smallest absolute Gasteiger partial charge is 0.353 e. The van der Waals surface area contributed by atoms with Crippen LogP contribution in [-0.2, 0) is 20.8 Å². The highest BCUT2D eigenvalue weighted by molar-refractivity contribution is 8.04. The Hall–Kier alpha value is -2.96. The second-order valence-electron chi connectivity index (χ2n) is 9.67. The van der Waals surface area contributed by atoms with E-state index in [1.807, 2.05) is 0 Å². The summed E-state index contributed by atoms with van der Waals surface area (Å²) in [6.45, 7) is 4.31. The van der Waals surface area contributed by atoms with Crippen molar-refractivity contribution < 1.29 is 34.6 Å². The average molecular weight is 534 g/mol. The number of nitro groups is 1. The number of carboxylic acid groups (broad SMARTS) is 1. The van der Waals surface area contributed by atoms with E-state index in [2.05, 4.69) is 0 Å². The Morgan fingerprint density at radius 2 is 1.81 bits per heavy atom. The largest absolute Gasteiger partial charge is 0.477 e. The van der Waals surface area contributed by atoms with Crippen molar-refractivity contribution in [3.05, 3.63) is 50.5 Å². The number of carbonyl (C=O) groups is 3. The highest BCUT2D eigenvalue weighted by atomic mass is 32.2. The zero-order valence-corrected chi connectivity index (χ0v) is 21.6. The molecule has 0 aromatic heterocycles. The first-order chi connectivity index (χ1) is 17.5. The molecule has 0 saturated carbocycles. The van der Waals surface area contributed by atoms with E-state index in [9.17, 15) is 39.8 Å². The minimum atomic E-state index is -1.57. The molecule has 1 aromatic rings. The lowest BCUT2D eigenvalue weighted by Gasteiger charge is -2.64. The molecule has 11 nitrogen and oxygen atoms in total. The second kappa shape index (κ2) is 10.1. The molecule has 0 aliphatic carbocycles. The standard InChI is InChI=1S/C25H31N3O8S/c1-3-18(29)24(14-15-7-9-16(10-8-15)28(35)36)23(34)27-21(22(32)33)17(37-25(24,27)19(30)4-2)11-13-26-12-5-6-20(26)31/h7-10,18-19,29-30H,3-6,11-14H2,1-2H3,(H,32,33)/t18-,19-,24+,25-/m0/s1. The van der Waals surface area contributed by atoms with Gasteiger partial charge in [0.15, 0.2) is 0 Å². The molecule has 1 aromatic carbocycles. The van der Waals surface area contributed by atoms with E-state index in [0.29, 0.717) is 30.0 Å². The molecule has 4 atom stereocenters. The van der Waals surface area contributed by atoms with Crippen molar-refractivity contribution in [1.82, 2.24) is 9.80 Å². The molecule has 12 heteroatoms. The van der Waals surface area contributed by atoms with E-state index in [4.69, 9.17) is 0 Å². The van der Waals surface area contributed by atoms with Gasteiger partial charge in [-0.3, -0.25) is 24.6 Å². The van der Waals surface area contributed by atoms with Gasteiger partial charge in [0.25, 0.3) is 5.69 Å². The second-order valence-corrected chi connectivity index (χ2v) is 11.0. The quantitative estimate of drug-likeness (QED) is 0.220. The number of aliphatic hydroxyl groups excluding tert-OH is 2. The number of aliphatic hydroxyl groups is 2.